The van der Waals surface area contributed by atoms with Crippen molar-refractivity contribution in [1.29, 1.82) is 0 Å². The van der Waals surface area contributed by atoms with E-state index in [1.165, 1.54) is 0 Å². The number of benzene rings is 1. The van der Waals surface area contributed by atoms with Crippen LogP contribution in [0.5, 0.6) is 0 Å². The highest BCUT2D eigenvalue weighted by molar-refractivity contribution is 5.94. The molecule has 6 nitrogen and oxygen atoms in total. The lowest BCUT2D eigenvalue weighted by Gasteiger charge is -2.28. The molecule has 2 N–H and O–H groups in total. The first-order chi connectivity index (χ1) is 12.0. The Labute approximate surface area is 148 Å². The number of hydrogen-bond acceptors (Lipinski definition) is 3. The van der Waals surface area contributed by atoms with E-state index >= 15 is 0 Å². The van der Waals surface area contributed by atoms with Crippen LogP contribution in [0.3, 0.4) is 0 Å². The van der Waals surface area contributed by atoms with E-state index in [2.05, 4.69) is 10.6 Å². The van der Waals surface area contributed by atoms with Crippen molar-refractivity contribution in [3.05, 3.63) is 29.8 Å². The van der Waals surface area contributed by atoms with Crippen molar-refractivity contribution < 1.29 is 14.4 Å². The van der Waals surface area contributed by atoms with E-state index in [9.17, 15) is 14.4 Å². The van der Waals surface area contributed by atoms with Crippen molar-refractivity contribution in [2.24, 2.45) is 11.8 Å². The van der Waals surface area contributed by atoms with Gasteiger partial charge in [-0.05, 0) is 36.5 Å². The molecule has 2 aliphatic rings. The molecule has 2 heterocycles. The third kappa shape index (κ3) is 4.18. The fourth-order valence-electron chi connectivity index (χ4n) is 3.48. The van der Waals surface area contributed by atoms with E-state index in [4.69, 9.17) is 0 Å². The van der Waals surface area contributed by atoms with Crippen molar-refractivity contribution in [3.8, 4) is 0 Å². The molecule has 1 aromatic rings. The molecule has 3 amide bonds. The third-order valence-corrected chi connectivity index (χ3v) is 5.09. The molecule has 0 aromatic heterocycles. The zero-order valence-corrected chi connectivity index (χ0v) is 14.6. The van der Waals surface area contributed by atoms with Crippen LogP contribution in [-0.2, 0) is 20.9 Å². The van der Waals surface area contributed by atoms with Gasteiger partial charge in [0.2, 0.25) is 17.7 Å². The van der Waals surface area contributed by atoms with E-state index < -0.39 is 0 Å². The lowest BCUT2D eigenvalue weighted by molar-refractivity contribution is -0.131. The van der Waals surface area contributed by atoms with Gasteiger partial charge in [-0.2, -0.15) is 0 Å². The first-order valence-corrected chi connectivity index (χ1v) is 8.98. The van der Waals surface area contributed by atoms with Gasteiger partial charge in [-0.25, -0.2) is 0 Å². The topological polar surface area (TPSA) is 78.5 Å². The standard InChI is InChI=1S/C19H25N3O3/c1-13-10-17(23)20-12-16(13)19(25)21-11-14-5-7-15(8-6-14)22-9-3-2-4-18(22)24/h5-8,13,16H,2-4,9-12H2,1H3,(H,20,23)(H,21,25). The van der Waals surface area contributed by atoms with Crippen molar-refractivity contribution in [1.82, 2.24) is 10.6 Å². The summed E-state index contributed by atoms with van der Waals surface area (Å²) in [5, 5.41) is 5.70. The predicted molar refractivity (Wildman–Crippen MR) is 94.8 cm³/mol. The maximum Gasteiger partial charge on any atom is 0.226 e. The zero-order chi connectivity index (χ0) is 17.8. The van der Waals surface area contributed by atoms with Gasteiger partial charge in [0.15, 0.2) is 0 Å². The van der Waals surface area contributed by atoms with Crippen LogP contribution in [0.4, 0.5) is 5.69 Å². The number of carbonyl (C=O) groups excluding carboxylic acids is 3. The largest absolute Gasteiger partial charge is 0.355 e. The van der Waals surface area contributed by atoms with Crippen LogP contribution >= 0.6 is 0 Å². The second-order valence-electron chi connectivity index (χ2n) is 6.98. The highest BCUT2D eigenvalue weighted by Crippen LogP contribution is 2.22. The van der Waals surface area contributed by atoms with Crippen molar-refractivity contribution >= 4 is 23.4 Å². The molecular formula is C19H25N3O3. The summed E-state index contributed by atoms with van der Waals surface area (Å²) in [7, 11) is 0. The van der Waals surface area contributed by atoms with Gasteiger partial charge in [0.1, 0.15) is 0 Å². The first-order valence-electron chi connectivity index (χ1n) is 8.98. The number of nitrogens with one attached hydrogen (secondary N) is 2. The Morgan fingerprint density at radius 1 is 1.24 bits per heavy atom. The molecular weight excluding hydrogens is 318 g/mol. The number of amides is 3. The van der Waals surface area contributed by atoms with Gasteiger partial charge in [-0.1, -0.05) is 19.1 Å². The van der Waals surface area contributed by atoms with Crippen LogP contribution in [0.25, 0.3) is 0 Å². The molecule has 134 valence electrons. The van der Waals surface area contributed by atoms with Crippen LogP contribution in [-0.4, -0.2) is 30.8 Å². The summed E-state index contributed by atoms with van der Waals surface area (Å²) in [6.45, 7) is 3.57. The second-order valence-corrected chi connectivity index (χ2v) is 6.98. The summed E-state index contributed by atoms with van der Waals surface area (Å²) in [4.78, 5) is 37.5. The number of carbonyl (C=O) groups is 3. The third-order valence-electron chi connectivity index (χ3n) is 5.09. The molecule has 0 radical (unpaired) electrons. The summed E-state index contributed by atoms with van der Waals surface area (Å²) in [6, 6.07) is 7.77. The van der Waals surface area contributed by atoms with Gasteiger partial charge < -0.3 is 15.5 Å². The van der Waals surface area contributed by atoms with E-state index in [-0.39, 0.29) is 29.6 Å². The Morgan fingerprint density at radius 2 is 2.00 bits per heavy atom. The minimum atomic E-state index is -0.178. The van der Waals surface area contributed by atoms with E-state index in [1.54, 1.807) is 0 Å². The maximum atomic E-state index is 12.3. The van der Waals surface area contributed by atoms with Crippen molar-refractivity contribution in [2.75, 3.05) is 18.0 Å². The predicted octanol–water partition coefficient (Wildman–Crippen LogP) is 1.59. The fraction of sp³-hybridized carbons (Fsp3) is 0.526. The molecule has 2 aliphatic heterocycles. The van der Waals surface area contributed by atoms with Crippen LogP contribution in [0, 0.1) is 11.8 Å². The van der Waals surface area contributed by atoms with E-state index in [0.717, 1.165) is 30.6 Å². The molecule has 3 rings (SSSR count). The Kier molecular flexibility index (Phi) is 5.36. The molecule has 0 aliphatic carbocycles. The minimum Gasteiger partial charge on any atom is -0.355 e. The smallest absolute Gasteiger partial charge is 0.226 e. The minimum absolute atomic E-state index is 0.0133. The molecule has 0 spiro atoms. The normalized spacial score (nSPS) is 24.0. The molecule has 2 fully saturated rings. The molecule has 0 bridgehead atoms. The van der Waals surface area contributed by atoms with Crippen LogP contribution in [0.1, 0.15) is 38.2 Å². The quantitative estimate of drug-likeness (QED) is 0.871. The number of hydrogen-bond donors (Lipinski definition) is 2. The molecule has 2 unspecified atom stereocenters. The van der Waals surface area contributed by atoms with Crippen molar-refractivity contribution in [2.45, 2.75) is 39.2 Å². The molecule has 25 heavy (non-hydrogen) atoms. The Morgan fingerprint density at radius 3 is 2.68 bits per heavy atom. The summed E-state index contributed by atoms with van der Waals surface area (Å²) in [6.07, 6.45) is 3.03. The molecule has 6 heteroatoms. The summed E-state index contributed by atoms with van der Waals surface area (Å²) in [5.74, 6) is 0.0482. The lowest BCUT2D eigenvalue weighted by atomic mass is 9.87. The average molecular weight is 343 g/mol. The SMILES string of the molecule is CC1CC(=O)NCC1C(=O)NCc1ccc(N2CCCCC2=O)cc1. The molecule has 2 saturated heterocycles. The first kappa shape index (κ1) is 17.5. The monoisotopic (exact) mass is 343 g/mol. The van der Waals surface area contributed by atoms with Gasteiger partial charge in [0, 0.05) is 38.2 Å². The Hall–Kier alpha value is -2.37. The van der Waals surface area contributed by atoms with Crippen LogP contribution < -0.4 is 15.5 Å². The van der Waals surface area contributed by atoms with E-state index in [1.807, 2.05) is 36.1 Å². The Balaban J connectivity index is 1.54. The van der Waals surface area contributed by atoms with Gasteiger partial charge >= 0.3 is 0 Å². The van der Waals surface area contributed by atoms with Gasteiger partial charge in [0.05, 0.1) is 5.92 Å². The second kappa shape index (κ2) is 7.68. The highest BCUT2D eigenvalue weighted by Gasteiger charge is 2.30. The maximum absolute atomic E-state index is 12.3. The zero-order valence-electron chi connectivity index (χ0n) is 14.6. The van der Waals surface area contributed by atoms with Gasteiger partial charge in [-0.3, -0.25) is 14.4 Å². The van der Waals surface area contributed by atoms with Gasteiger partial charge in [-0.15, -0.1) is 0 Å². The Bertz CT molecular complexity index is 656. The number of anilines is 1. The molecule has 1 aromatic carbocycles. The van der Waals surface area contributed by atoms with Gasteiger partial charge in [0.25, 0.3) is 0 Å². The number of rotatable bonds is 4. The molecule has 0 saturated carbocycles. The molecule has 2 atom stereocenters. The highest BCUT2D eigenvalue weighted by atomic mass is 16.2. The van der Waals surface area contributed by atoms with Crippen molar-refractivity contribution in [3.63, 3.8) is 0 Å². The van der Waals surface area contributed by atoms with Crippen LogP contribution in [0.15, 0.2) is 24.3 Å². The number of nitrogens with zero attached hydrogens (tertiary/aromatic N) is 1. The summed E-state index contributed by atoms with van der Waals surface area (Å²) in [5.41, 5.74) is 1.91. The summed E-state index contributed by atoms with van der Waals surface area (Å²) >= 11 is 0. The average Bonchev–Trinajstić information content (AvgIpc) is 2.61. The summed E-state index contributed by atoms with van der Waals surface area (Å²) < 4.78 is 0. The number of piperidine rings is 2. The van der Waals surface area contributed by atoms with E-state index in [0.29, 0.717) is 25.9 Å². The lowest BCUT2D eigenvalue weighted by Crippen LogP contribution is -2.46. The van der Waals surface area contributed by atoms with Crippen LogP contribution in [0.2, 0.25) is 0 Å². The fourth-order valence-corrected chi connectivity index (χ4v) is 3.48.